The van der Waals surface area contributed by atoms with Crippen molar-refractivity contribution < 1.29 is 29.0 Å². The van der Waals surface area contributed by atoms with Crippen LogP contribution >= 0.6 is 11.8 Å². The van der Waals surface area contributed by atoms with Crippen LogP contribution in [0.15, 0.2) is 72.8 Å². The van der Waals surface area contributed by atoms with Gasteiger partial charge in [0.1, 0.15) is 17.5 Å². The van der Waals surface area contributed by atoms with E-state index < -0.39 is 22.6 Å². The van der Waals surface area contributed by atoms with E-state index in [4.69, 9.17) is 9.47 Å². The van der Waals surface area contributed by atoms with Crippen molar-refractivity contribution in [1.29, 1.82) is 0 Å². The minimum atomic E-state index is -0.877. The van der Waals surface area contributed by atoms with Crippen molar-refractivity contribution in [1.82, 2.24) is 4.90 Å². The Bertz CT molecular complexity index is 1460. The summed E-state index contributed by atoms with van der Waals surface area (Å²) in [4.78, 5) is 48.9. The van der Waals surface area contributed by atoms with E-state index >= 15 is 0 Å². The number of aliphatic hydroxyl groups excluding tert-OH is 1. The largest absolute Gasteiger partial charge is 0.497 e. The number of methoxy groups -OCH3 is 1. The van der Waals surface area contributed by atoms with E-state index in [-0.39, 0.29) is 29.6 Å². The first-order valence-corrected chi connectivity index (χ1v) is 16.7. The molecule has 2 aromatic rings. The van der Waals surface area contributed by atoms with Crippen molar-refractivity contribution in [2.45, 2.75) is 48.6 Å². The number of ether oxygens (including phenoxy) is 2. The Morgan fingerprint density at radius 3 is 2.16 bits per heavy atom. The number of thioether (sulfide) groups is 1. The number of hydrogen-bond acceptors (Lipinski definition) is 7. The smallest absolute Gasteiger partial charge is 0.251 e. The average Bonchev–Trinajstić information content (AvgIpc) is 3.36. The average molecular weight is 632 g/mol. The number of rotatable bonds is 11. The maximum Gasteiger partial charge on any atom is 0.251 e. The Kier molecular flexibility index (Phi) is 9.23. The molecule has 5 atom stereocenters. The van der Waals surface area contributed by atoms with Gasteiger partial charge in [0, 0.05) is 42.9 Å². The van der Waals surface area contributed by atoms with Gasteiger partial charge in [-0.1, -0.05) is 37.1 Å². The number of carbonyl (C=O) groups is 3. The molecule has 4 aliphatic heterocycles. The van der Waals surface area contributed by atoms with Crippen LogP contribution in [-0.2, 0) is 14.4 Å². The maximum absolute atomic E-state index is 14.6. The standard InChI is InChI=1S/C35H41N3O6S/c1-3-44-27-17-13-24(14-18-27)36-21-8-10-28-29(32(36)40)30-33(41)38(20-6-4-5-7-23-39)31-34(42)37(22-9-19-35(30,31)45-28)25-11-15-26(43-2)16-12-25/h8-19,28-31,39H,3-7,20-23H2,1-2H3/t28-,29+,30-,31?,35-/m0/s1. The van der Waals surface area contributed by atoms with Gasteiger partial charge in [0.15, 0.2) is 0 Å². The van der Waals surface area contributed by atoms with Crippen LogP contribution in [-0.4, -0.2) is 83.7 Å². The highest BCUT2D eigenvalue weighted by Crippen LogP contribution is 2.61. The minimum Gasteiger partial charge on any atom is -0.497 e. The molecule has 2 aromatic carbocycles. The summed E-state index contributed by atoms with van der Waals surface area (Å²) in [5.41, 5.74) is 1.48. The van der Waals surface area contributed by atoms with Crippen molar-refractivity contribution in [3.8, 4) is 11.5 Å². The summed E-state index contributed by atoms with van der Waals surface area (Å²) in [6.45, 7) is 3.82. The molecule has 0 aliphatic carbocycles. The molecule has 1 spiro atoms. The Labute approximate surface area is 268 Å². The number of hydrogen-bond donors (Lipinski definition) is 1. The fourth-order valence-electron chi connectivity index (χ4n) is 7.24. The minimum absolute atomic E-state index is 0.0995. The second-order valence-corrected chi connectivity index (χ2v) is 13.4. The Morgan fingerprint density at radius 1 is 0.844 bits per heavy atom. The van der Waals surface area contributed by atoms with Gasteiger partial charge in [-0.3, -0.25) is 14.4 Å². The maximum atomic E-state index is 14.6. The van der Waals surface area contributed by atoms with E-state index in [9.17, 15) is 19.5 Å². The SMILES string of the molecule is CCOc1ccc(N2CC=C[C@@H]3S[C@]45C=CCN(c6ccc(OC)cc6)C(=O)C4N(CCCCCCO)C(=O)[C@@H]5[C@@H]3C2=O)cc1. The highest BCUT2D eigenvalue weighted by Gasteiger charge is 2.71. The molecule has 4 aliphatic rings. The molecular weight excluding hydrogens is 590 g/mol. The number of likely N-dealkylation sites (tertiary alicyclic amines) is 1. The Morgan fingerprint density at radius 2 is 1.49 bits per heavy atom. The third-order valence-corrected chi connectivity index (χ3v) is 11.1. The van der Waals surface area contributed by atoms with Crippen molar-refractivity contribution in [2.75, 3.05) is 49.8 Å². The highest BCUT2D eigenvalue weighted by atomic mass is 32.2. The first-order chi connectivity index (χ1) is 21.9. The first-order valence-electron chi connectivity index (χ1n) is 15.9. The summed E-state index contributed by atoms with van der Waals surface area (Å²) in [6, 6.07) is 14.1. The van der Waals surface area contributed by atoms with Crippen LogP contribution in [0.2, 0.25) is 0 Å². The van der Waals surface area contributed by atoms with Gasteiger partial charge in [-0.15, -0.1) is 11.8 Å². The molecule has 10 heteroatoms. The van der Waals surface area contributed by atoms with Crippen LogP contribution in [0.3, 0.4) is 0 Å². The van der Waals surface area contributed by atoms with Crippen LogP contribution in [0, 0.1) is 11.8 Å². The van der Waals surface area contributed by atoms with Crippen LogP contribution < -0.4 is 19.3 Å². The van der Waals surface area contributed by atoms with E-state index in [1.807, 2.05) is 67.6 Å². The summed E-state index contributed by atoms with van der Waals surface area (Å²) < 4.78 is 10.1. The number of amides is 3. The number of carbonyl (C=O) groups excluding carboxylic acids is 3. The van der Waals surface area contributed by atoms with Gasteiger partial charge in [0.05, 0.1) is 30.3 Å². The number of nitrogens with zero attached hydrogens (tertiary/aromatic N) is 3. The van der Waals surface area contributed by atoms with Crippen LogP contribution in [0.5, 0.6) is 11.5 Å². The quantitative estimate of drug-likeness (QED) is 0.289. The highest BCUT2D eigenvalue weighted by molar-refractivity contribution is 8.02. The molecule has 0 radical (unpaired) electrons. The van der Waals surface area contributed by atoms with E-state index in [1.54, 1.807) is 33.6 Å². The molecule has 6 rings (SSSR count). The summed E-state index contributed by atoms with van der Waals surface area (Å²) in [5, 5.41) is 9.00. The van der Waals surface area contributed by atoms with Crippen molar-refractivity contribution in [3.63, 3.8) is 0 Å². The zero-order chi connectivity index (χ0) is 31.6. The third kappa shape index (κ3) is 5.63. The Balaban J connectivity index is 1.35. The van der Waals surface area contributed by atoms with E-state index in [0.29, 0.717) is 38.4 Å². The molecule has 1 unspecified atom stereocenters. The van der Waals surface area contributed by atoms with Gasteiger partial charge in [-0.05, 0) is 68.3 Å². The first kappa shape index (κ1) is 31.2. The lowest BCUT2D eigenvalue weighted by atomic mass is 9.78. The topological polar surface area (TPSA) is 99.6 Å². The Hall–Kier alpha value is -3.76. The lowest BCUT2D eigenvalue weighted by molar-refractivity contribution is -0.138. The molecule has 238 valence electrons. The van der Waals surface area contributed by atoms with Gasteiger partial charge in [-0.2, -0.15) is 0 Å². The van der Waals surface area contributed by atoms with Gasteiger partial charge >= 0.3 is 0 Å². The normalized spacial score (nSPS) is 27.3. The predicted molar refractivity (Wildman–Crippen MR) is 176 cm³/mol. The van der Waals surface area contributed by atoms with Crippen LogP contribution in [0.1, 0.15) is 32.6 Å². The van der Waals surface area contributed by atoms with Crippen LogP contribution in [0.4, 0.5) is 11.4 Å². The van der Waals surface area contributed by atoms with Crippen molar-refractivity contribution in [3.05, 3.63) is 72.8 Å². The van der Waals surface area contributed by atoms with Gasteiger partial charge in [-0.25, -0.2) is 0 Å². The molecule has 3 amide bonds. The molecular formula is C35H41N3O6S. The number of unbranched alkanes of at least 4 members (excludes halogenated alkanes) is 3. The summed E-state index contributed by atoms with van der Waals surface area (Å²) in [5.74, 6) is -0.224. The fourth-order valence-corrected chi connectivity index (χ4v) is 9.25. The summed E-state index contributed by atoms with van der Waals surface area (Å²) >= 11 is 1.59. The zero-order valence-electron chi connectivity index (χ0n) is 25.8. The monoisotopic (exact) mass is 631 g/mol. The lowest BCUT2D eigenvalue weighted by Crippen LogP contribution is -2.53. The van der Waals surface area contributed by atoms with Gasteiger partial charge < -0.3 is 29.3 Å². The van der Waals surface area contributed by atoms with Gasteiger partial charge in [0.25, 0.3) is 5.91 Å². The second-order valence-electron chi connectivity index (χ2n) is 11.9. The molecule has 1 N–H and O–H groups in total. The zero-order valence-corrected chi connectivity index (χ0v) is 26.7. The molecule has 45 heavy (non-hydrogen) atoms. The number of fused-ring (bicyclic) bond motifs is 2. The number of anilines is 2. The molecule has 4 heterocycles. The summed E-state index contributed by atoms with van der Waals surface area (Å²) in [7, 11) is 1.60. The molecule has 2 fully saturated rings. The number of benzene rings is 2. The predicted octanol–water partition coefficient (Wildman–Crippen LogP) is 4.45. The molecule has 9 nitrogen and oxygen atoms in total. The van der Waals surface area contributed by atoms with E-state index in [0.717, 1.165) is 36.4 Å². The molecule has 2 saturated heterocycles. The van der Waals surface area contributed by atoms with Crippen molar-refractivity contribution >= 4 is 40.9 Å². The van der Waals surface area contributed by atoms with Crippen molar-refractivity contribution in [2.24, 2.45) is 11.8 Å². The van der Waals surface area contributed by atoms with E-state index in [2.05, 4.69) is 12.2 Å². The fraction of sp³-hybridized carbons (Fsp3) is 0.457. The summed E-state index contributed by atoms with van der Waals surface area (Å²) in [6.07, 6.45) is 11.2. The van der Waals surface area contributed by atoms with Crippen LogP contribution in [0.25, 0.3) is 0 Å². The molecule has 0 aromatic heterocycles. The second kappa shape index (κ2) is 13.3. The van der Waals surface area contributed by atoms with E-state index in [1.165, 1.54) is 0 Å². The number of aliphatic hydroxyl groups is 1. The molecule has 0 saturated carbocycles. The molecule has 0 bridgehead atoms. The lowest BCUT2D eigenvalue weighted by Gasteiger charge is -2.35. The van der Waals surface area contributed by atoms with Gasteiger partial charge in [0.2, 0.25) is 11.8 Å². The third-order valence-electron chi connectivity index (χ3n) is 9.31.